The molecule has 0 N–H and O–H groups in total. The SMILES string of the molecule is Br.C(#Cc1ccc(-c2ccccc2)cc1)CCCN1C=Cc2ccccc2C1. The van der Waals surface area contributed by atoms with Crippen molar-refractivity contribution in [2.24, 2.45) is 0 Å². The lowest BCUT2D eigenvalue weighted by Gasteiger charge is -2.24. The third-order valence-corrected chi connectivity index (χ3v) is 4.87. The van der Waals surface area contributed by atoms with Crippen LogP contribution in [0.2, 0.25) is 0 Å². The number of rotatable bonds is 4. The van der Waals surface area contributed by atoms with E-state index in [1.54, 1.807) is 0 Å². The summed E-state index contributed by atoms with van der Waals surface area (Å²) in [6, 6.07) is 27.6. The highest BCUT2D eigenvalue weighted by Gasteiger charge is 2.08. The van der Waals surface area contributed by atoms with Gasteiger partial charge in [0.25, 0.3) is 0 Å². The molecule has 1 aliphatic heterocycles. The van der Waals surface area contributed by atoms with E-state index in [0.717, 1.165) is 31.5 Å². The van der Waals surface area contributed by atoms with Crippen molar-refractivity contribution in [1.82, 2.24) is 4.90 Å². The third-order valence-electron chi connectivity index (χ3n) is 4.87. The first kappa shape index (κ1) is 20.0. The molecule has 0 bridgehead atoms. The van der Waals surface area contributed by atoms with E-state index in [1.165, 1.54) is 22.3 Å². The van der Waals surface area contributed by atoms with Gasteiger partial charge in [0.15, 0.2) is 0 Å². The van der Waals surface area contributed by atoms with E-state index < -0.39 is 0 Å². The van der Waals surface area contributed by atoms with Gasteiger partial charge in [0.1, 0.15) is 0 Å². The van der Waals surface area contributed by atoms with Crippen LogP contribution < -0.4 is 0 Å². The molecule has 0 fully saturated rings. The molecular weight excluding hydrogens is 406 g/mol. The van der Waals surface area contributed by atoms with Gasteiger partial charge in [0, 0.05) is 25.1 Å². The molecule has 0 saturated heterocycles. The van der Waals surface area contributed by atoms with Gasteiger partial charge >= 0.3 is 0 Å². The molecule has 1 nitrogen and oxygen atoms in total. The predicted octanol–water partition coefficient (Wildman–Crippen LogP) is 6.55. The van der Waals surface area contributed by atoms with Crippen molar-refractivity contribution in [3.05, 3.63) is 102 Å². The fourth-order valence-electron chi connectivity index (χ4n) is 3.36. The van der Waals surface area contributed by atoms with E-state index in [0.29, 0.717) is 0 Å². The average Bonchev–Trinajstić information content (AvgIpc) is 2.74. The first-order valence-corrected chi connectivity index (χ1v) is 9.53. The van der Waals surface area contributed by atoms with Gasteiger partial charge in [-0.15, -0.1) is 17.0 Å². The first-order chi connectivity index (χ1) is 13.4. The van der Waals surface area contributed by atoms with Gasteiger partial charge in [-0.1, -0.05) is 78.6 Å². The molecule has 0 saturated carbocycles. The van der Waals surface area contributed by atoms with Gasteiger partial charge < -0.3 is 4.90 Å². The zero-order valence-corrected chi connectivity index (χ0v) is 17.6. The zero-order valence-electron chi connectivity index (χ0n) is 15.8. The molecule has 0 aliphatic carbocycles. The number of fused-ring (bicyclic) bond motifs is 1. The summed E-state index contributed by atoms with van der Waals surface area (Å²) in [5.74, 6) is 6.61. The van der Waals surface area contributed by atoms with Gasteiger partial charge in [-0.2, -0.15) is 0 Å². The van der Waals surface area contributed by atoms with Crippen LogP contribution in [0.15, 0.2) is 85.1 Å². The molecule has 0 unspecified atom stereocenters. The van der Waals surface area contributed by atoms with E-state index in [2.05, 4.69) is 102 Å². The number of benzene rings is 3. The normalized spacial score (nSPS) is 11.8. The minimum absolute atomic E-state index is 0. The Balaban J connectivity index is 0.00000225. The highest BCUT2D eigenvalue weighted by molar-refractivity contribution is 8.93. The van der Waals surface area contributed by atoms with E-state index in [-0.39, 0.29) is 17.0 Å². The van der Waals surface area contributed by atoms with Gasteiger partial charge in [-0.3, -0.25) is 0 Å². The Hall–Kier alpha value is -2.76. The molecule has 2 heteroatoms. The molecule has 0 radical (unpaired) electrons. The molecule has 4 rings (SSSR count). The zero-order chi connectivity index (χ0) is 18.3. The fraction of sp³-hybridized carbons (Fsp3) is 0.154. The van der Waals surface area contributed by atoms with Gasteiger partial charge in [0.05, 0.1) is 0 Å². The second-order valence-corrected chi connectivity index (χ2v) is 6.83. The van der Waals surface area contributed by atoms with Crippen LogP contribution in [-0.4, -0.2) is 11.4 Å². The molecule has 1 heterocycles. The molecule has 0 spiro atoms. The maximum atomic E-state index is 3.32. The largest absolute Gasteiger partial charge is 0.373 e. The standard InChI is InChI=1S/C26H23N.BrH/c1-4-10-23(11-5-1)25-16-14-22(15-17-25)9-3-2-8-19-27-20-18-24-12-6-7-13-26(24)21-27;/h1,4-7,10-18,20H,2,8,19,21H2;1H. The molecule has 0 aromatic heterocycles. The quantitative estimate of drug-likeness (QED) is 0.335. The molecule has 3 aromatic rings. The topological polar surface area (TPSA) is 3.24 Å². The van der Waals surface area contributed by atoms with Crippen LogP contribution in [0.25, 0.3) is 17.2 Å². The summed E-state index contributed by atoms with van der Waals surface area (Å²) in [5.41, 5.74) is 6.31. The van der Waals surface area contributed by atoms with Crippen LogP contribution in [0.3, 0.4) is 0 Å². The maximum absolute atomic E-state index is 3.32. The van der Waals surface area contributed by atoms with Crippen LogP contribution in [-0.2, 0) is 6.54 Å². The Labute approximate surface area is 178 Å². The van der Waals surface area contributed by atoms with Gasteiger partial charge in [0.2, 0.25) is 0 Å². The van der Waals surface area contributed by atoms with Gasteiger partial charge in [-0.25, -0.2) is 0 Å². The van der Waals surface area contributed by atoms with Crippen LogP contribution in [0.5, 0.6) is 0 Å². The Morgan fingerprint density at radius 2 is 1.50 bits per heavy atom. The van der Waals surface area contributed by atoms with Crippen LogP contribution in [0.4, 0.5) is 0 Å². The highest BCUT2D eigenvalue weighted by Crippen LogP contribution is 2.20. The first-order valence-electron chi connectivity index (χ1n) is 9.53. The van der Waals surface area contributed by atoms with Crippen molar-refractivity contribution < 1.29 is 0 Å². The minimum atomic E-state index is 0. The van der Waals surface area contributed by atoms with E-state index in [9.17, 15) is 0 Å². The lowest BCUT2D eigenvalue weighted by Crippen LogP contribution is -2.20. The van der Waals surface area contributed by atoms with Crippen molar-refractivity contribution in [2.75, 3.05) is 6.54 Å². The Morgan fingerprint density at radius 1 is 0.786 bits per heavy atom. The molecule has 0 atom stereocenters. The van der Waals surface area contributed by atoms with Crippen LogP contribution in [0, 0.1) is 11.8 Å². The fourth-order valence-corrected chi connectivity index (χ4v) is 3.36. The van der Waals surface area contributed by atoms with Crippen molar-refractivity contribution in [2.45, 2.75) is 19.4 Å². The number of hydrogen-bond acceptors (Lipinski definition) is 1. The van der Waals surface area contributed by atoms with Crippen LogP contribution in [0.1, 0.15) is 29.5 Å². The monoisotopic (exact) mass is 429 g/mol. The second-order valence-electron chi connectivity index (χ2n) is 6.83. The molecule has 1 aliphatic rings. The molecular formula is C26H24BrN. The number of halogens is 1. The summed E-state index contributed by atoms with van der Waals surface area (Å²) in [7, 11) is 0. The summed E-state index contributed by atoms with van der Waals surface area (Å²) in [6.45, 7) is 2.05. The van der Waals surface area contributed by atoms with E-state index in [1.807, 2.05) is 6.07 Å². The number of hydrogen-bond donors (Lipinski definition) is 0. The average molecular weight is 430 g/mol. The summed E-state index contributed by atoms with van der Waals surface area (Å²) < 4.78 is 0. The maximum Gasteiger partial charge on any atom is 0.0429 e. The summed E-state index contributed by atoms with van der Waals surface area (Å²) in [6.07, 6.45) is 6.42. The Morgan fingerprint density at radius 3 is 2.32 bits per heavy atom. The molecule has 28 heavy (non-hydrogen) atoms. The highest BCUT2D eigenvalue weighted by atomic mass is 79.9. The number of unbranched alkanes of at least 4 members (excludes halogenated alkanes) is 1. The van der Waals surface area contributed by atoms with Crippen molar-refractivity contribution in [1.29, 1.82) is 0 Å². The molecule has 140 valence electrons. The van der Waals surface area contributed by atoms with Gasteiger partial charge in [-0.05, 0) is 53.1 Å². The second kappa shape index (κ2) is 9.97. The predicted molar refractivity (Wildman–Crippen MR) is 124 cm³/mol. The lowest BCUT2D eigenvalue weighted by molar-refractivity contribution is 0.362. The van der Waals surface area contributed by atoms with Crippen molar-refractivity contribution in [3.8, 4) is 23.0 Å². The van der Waals surface area contributed by atoms with E-state index >= 15 is 0 Å². The Bertz CT molecular complexity index is 978. The summed E-state index contributed by atoms with van der Waals surface area (Å²) in [4.78, 5) is 2.37. The van der Waals surface area contributed by atoms with E-state index in [4.69, 9.17) is 0 Å². The van der Waals surface area contributed by atoms with Crippen LogP contribution >= 0.6 is 17.0 Å². The Kier molecular flexibility index (Phi) is 7.12. The molecule has 3 aromatic carbocycles. The lowest BCUT2D eigenvalue weighted by atomic mass is 10.0. The minimum Gasteiger partial charge on any atom is -0.373 e. The summed E-state index contributed by atoms with van der Waals surface area (Å²) in [5, 5.41) is 0. The number of nitrogens with zero attached hydrogens (tertiary/aromatic N) is 1. The molecule has 0 amide bonds. The smallest absolute Gasteiger partial charge is 0.0429 e. The summed E-state index contributed by atoms with van der Waals surface area (Å²) >= 11 is 0. The van der Waals surface area contributed by atoms with Crippen molar-refractivity contribution in [3.63, 3.8) is 0 Å². The third kappa shape index (κ3) is 5.15. The van der Waals surface area contributed by atoms with Crippen molar-refractivity contribution >= 4 is 23.1 Å².